The fourth-order valence-corrected chi connectivity index (χ4v) is 1.96. The number of alkyl halides is 2. The van der Waals surface area contributed by atoms with Crippen LogP contribution in [0.4, 0.5) is 8.78 Å². The third kappa shape index (κ3) is 3.92. The zero-order valence-corrected chi connectivity index (χ0v) is 12.7. The number of aliphatic hydroxyl groups is 1. The standard InChI is InChI=1S/C11H14BrF2NO3.ClH/c1-17-7-3-6(4-8(18-2)9(7)12)10(15)11(13,14)5-16;/h3-4,10,16H,5,15H2,1-2H3;1H/t10-;/m1./s1. The summed E-state index contributed by atoms with van der Waals surface area (Å²) >= 11 is 3.22. The van der Waals surface area contributed by atoms with Crippen molar-refractivity contribution in [2.24, 2.45) is 5.73 Å². The molecule has 0 radical (unpaired) electrons. The second-order valence-electron chi connectivity index (χ2n) is 3.64. The molecule has 0 unspecified atom stereocenters. The molecule has 0 amide bonds. The predicted molar refractivity (Wildman–Crippen MR) is 73.5 cm³/mol. The van der Waals surface area contributed by atoms with Gasteiger partial charge in [0.05, 0.1) is 20.3 Å². The molecule has 0 fully saturated rings. The van der Waals surface area contributed by atoms with Gasteiger partial charge >= 0.3 is 0 Å². The molecule has 0 aliphatic carbocycles. The van der Waals surface area contributed by atoms with Crippen LogP contribution in [0.3, 0.4) is 0 Å². The van der Waals surface area contributed by atoms with Crippen LogP contribution in [0.1, 0.15) is 11.6 Å². The third-order valence-electron chi connectivity index (χ3n) is 2.49. The van der Waals surface area contributed by atoms with Crippen LogP contribution in [0.15, 0.2) is 16.6 Å². The lowest BCUT2D eigenvalue weighted by Gasteiger charge is -2.23. The largest absolute Gasteiger partial charge is 0.495 e. The fourth-order valence-electron chi connectivity index (χ4n) is 1.41. The van der Waals surface area contributed by atoms with Gasteiger partial charge in [-0.05, 0) is 33.6 Å². The topological polar surface area (TPSA) is 64.7 Å². The zero-order valence-electron chi connectivity index (χ0n) is 10.3. The molecule has 0 bridgehead atoms. The van der Waals surface area contributed by atoms with E-state index in [0.29, 0.717) is 16.0 Å². The molecule has 19 heavy (non-hydrogen) atoms. The smallest absolute Gasteiger partial charge is 0.289 e. The third-order valence-corrected chi connectivity index (χ3v) is 3.27. The van der Waals surface area contributed by atoms with E-state index in [1.165, 1.54) is 26.4 Å². The maximum Gasteiger partial charge on any atom is 0.289 e. The van der Waals surface area contributed by atoms with Crippen molar-refractivity contribution in [3.05, 3.63) is 22.2 Å². The fraction of sp³-hybridized carbons (Fsp3) is 0.455. The van der Waals surface area contributed by atoms with Crippen molar-refractivity contribution in [3.8, 4) is 11.5 Å². The number of hydrogen-bond donors (Lipinski definition) is 2. The van der Waals surface area contributed by atoms with Gasteiger partial charge in [-0.1, -0.05) is 0 Å². The van der Waals surface area contributed by atoms with E-state index in [0.717, 1.165) is 0 Å². The normalized spacial score (nSPS) is 12.6. The second-order valence-corrected chi connectivity index (χ2v) is 4.43. The van der Waals surface area contributed by atoms with Crippen LogP contribution in [0.2, 0.25) is 0 Å². The van der Waals surface area contributed by atoms with Crippen LogP contribution in [-0.2, 0) is 0 Å². The summed E-state index contributed by atoms with van der Waals surface area (Å²) in [6, 6.07) is 1.11. The Morgan fingerprint density at radius 3 is 2.05 bits per heavy atom. The van der Waals surface area contributed by atoms with Crippen molar-refractivity contribution < 1.29 is 23.4 Å². The summed E-state index contributed by atoms with van der Waals surface area (Å²) in [5.74, 6) is -2.76. The van der Waals surface area contributed by atoms with E-state index in [1.54, 1.807) is 0 Å². The molecule has 8 heteroatoms. The highest BCUT2D eigenvalue weighted by atomic mass is 79.9. The molecule has 0 saturated carbocycles. The highest BCUT2D eigenvalue weighted by Gasteiger charge is 2.38. The average Bonchev–Trinajstić information content (AvgIpc) is 2.38. The summed E-state index contributed by atoms with van der Waals surface area (Å²) in [6.07, 6.45) is 0. The van der Waals surface area contributed by atoms with Crippen LogP contribution in [0.5, 0.6) is 11.5 Å². The monoisotopic (exact) mass is 361 g/mol. The Kier molecular flexibility index (Phi) is 6.99. The van der Waals surface area contributed by atoms with E-state index < -0.39 is 18.6 Å². The number of benzene rings is 1. The molecule has 1 aromatic rings. The van der Waals surface area contributed by atoms with Crippen molar-refractivity contribution in [1.82, 2.24) is 0 Å². The van der Waals surface area contributed by atoms with Gasteiger partial charge in [-0.3, -0.25) is 0 Å². The summed E-state index contributed by atoms with van der Waals surface area (Å²) in [5.41, 5.74) is 5.56. The second kappa shape index (κ2) is 7.23. The summed E-state index contributed by atoms with van der Waals surface area (Å²) in [7, 11) is 2.80. The molecule has 110 valence electrons. The van der Waals surface area contributed by atoms with Crippen LogP contribution >= 0.6 is 28.3 Å². The van der Waals surface area contributed by atoms with Crippen LogP contribution in [0.25, 0.3) is 0 Å². The van der Waals surface area contributed by atoms with E-state index in [-0.39, 0.29) is 18.0 Å². The number of halogens is 4. The molecule has 0 saturated heterocycles. The van der Waals surface area contributed by atoms with Gasteiger partial charge in [0.2, 0.25) is 0 Å². The first kappa shape index (κ1) is 18.4. The molecular formula is C11H15BrClF2NO3. The molecule has 0 spiro atoms. The van der Waals surface area contributed by atoms with Gasteiger partial charge in [-0.25, -0.2) is 8.78 Å². The van der Waals surface area contributed by atoms with Crippen molar-refractivity contribution >= 4 is 28.3 Å². The van der Waals surface area contributed by atoms with E-state index in [9.17, 15) is 8.78 Å². The molecule has 1 rings (SSSR count). The van der Waals surface area contributed by atoms with Gasteiger partial charge in [0, 0.05) is 0 Å². The summed E-state index contributed by atoms with van der Waals surface area (Å²) in [4.78, 5) is 0. The minimum Gasteiger partial charge on any atom is -0.495 e. The number of nitrogens with two attached hydrogens (primary N) is 1. The van der Waals surface area contributed by atoms with E-state index in [4.69, 9.17) is 20.3 Å². The molecule has 0 aromatic heterocycles. The number of ether oxygens (including phenoxy) is 2. The van der Waals surface area contributed by atoms with Crippen molar-refractivity contribution in [1.29, 1.82) is 0 Å². The Morgan fingerprint density at radius 1 is 1.32 bits per heavy atom. The maximum atomic E-state index is 13.3. The Labute approximate surface area is 124 Å². The molecular weight excluding hydrogens is 347 g/mol. The van der Waals surface area contributed by atoms with Crippen LogP contribution in [0, 0.1) is 0 Å². The summed E-state index contributed by atoms with van der Waals surface area (Å²) < 4.78 is 37.3. The van der Waals surface area contributed by atoms with Crippen molar-refractivity contribution in [2.75, 3.05) is 20.8 Å². The lowest BCUT2D eigenvalue weighted by molar-refractivity contribution is -0.0712. The number of aliphatic hydroxyl groups excluding tert-OH is 1. The molecule has 4 nitrogen and oxygen atoms in total. The highest BCUT2D eigenvalue weighted by Crippen LogP contribution is 2.39. The number of hydrogen-bond acceptors (Lipinski definition) is 4. The molecule has 0 aliphatic heterocycles. The first-order chi connectivity index (χ1) is 8.37. The highest BCUT2D eigenvalue weighted by molar-refractivity contribution is 9.10. The predicted octanol–water partition coefficient (Wildman–Crippen LogP) is 2.52. The SMILES string of the molecule is COc1cc([C@@H](N)C(F)(F)CO)cc(OC)c1Br.Cl. The van der Waals surface area contributed by atoms with Crippen LogP contribution < -0.4 is 15.2 Å². The molecule has 1 atom stereocenters. The minimum atomic E-state index is -3.41. The summed E-state index contributed by atoms with van der Waals surface area (Å²) in [5, 5.41) is 8.63. The van der Waals surface area contributed by atoms with Gasteiger partial charge in [0.25, 0.3) is 5.92 Å². The summed E-state index contributed by atoms with van der Waals surface area (Å²) in [6.45, 7) is -1.32. The van der Waals surface area contributed by atoms with Crippen molar-refractivity contribution in [3.63, 3.8) is 0 Å². The molecule has 0 heterocycles. The first-order valence-electron chi connectivity index (χ1n) is 5.03. The quantitative estimate of drug-likeness (QED) is 0.845. The lowest BCUT2D eigenvalue weighted by Crippen LogP contribution is -2.36. The Bertz CT molecular complexity index is 409. The minimum absolute atomic E-state index is 0. The van der Waals surface area contributed by atoms with Crippen LogP contribution in [-0.4, -0.2) is 31.9 Å². The molecule has 0 aliphatic rings. The van der Waals surface area contributed by atoms with E-state index >= 15 is 0 Å². The first-order valence-corrected chi connectivity index (χ1v) is 5.82. The lowest BCUT2D eigenvalue weighted by atomic mass is 10.0. The molecule has 1 aromatic carbocycles. The average molecular weight is 363 g/mol. The van der Waals surface area contributed by atoms with Gasteiger partial charge in [0.15, 0.2) is 0 Å². The number of rotatable bonds is 5. The maximum absolute atomic E-state index is 13.3. The Morgan fingerprint density at radius 2 is 1.74 bits per heavy atom. The van der Waals surface area contributed by atoms with Gasteiger partial charge in [0.1, 0.15) is 22.6 Å². The van der Waals surface area contributed by atoms with Gasteiger partial charge < -0.3 is 20.3 Å². The molecule has 3 N–H and O–H groups in total. The van der Waals surface area contributed by atoms with Crippen molar-refractivity contribution in [2.45, 2.75) is 12.0 Å². The Hall–Kier alpha value is -0.630. The Balaban J connectivity index is 0.00000324. The zero-order chi connectivity index (χ0) is 13.9. The van der Waals surface area contributed by atoms with E-state index in [1.807, 2.05) is 0 Å². The number of methoxy groups -OCH3 is 2. The van der Waals surface area contributed by atoms with E-state index in [2.05, 4.69) is 15.9 Å². The van der Waals surface area contributed by atoms with Gasteiger partial charge in [-0.15, -0.1) is 12.4 Å². The van der Waals surface area contributed by atoms with Gasteiger partial charge in [-0.2, -0.15) is 0 Å².